The first-order valence-corrected chi connectivity index (χ1v) is 7.97. The summed E-state index contributed by atoms with van der Waals surface area (Å²) in [5.74, 6) is 1.65. The minimum Gasteiger partial charge on any atom is -0.324 e. The summed E-state index contributed by atoms with van der Waals surface area (Å²) in [7, 11) is 0. The molecule has 0 aromatic carbocycles. The van der Waals surface area contributed by atoms with Crippen LogP contribution in [0.25, 0.3) is 0 Å². The fourth-order valence-corrected chi connectivity index (χ4v) is 4.38. The maximum absolute atomic E-state index is 6.68. The van der Waals surface area contributed by atoms with Gasteiger partial charge in [0.25, 0.3) is 0 Å². The molecule has 2 aliphatic rings. The largest absolute Gasteiger partial charge is 0.324 e. The van der Waals surface area contributed by atoms with E-state index in [1.54, 1.807) is 0 Å². The fourth-order valence-electron chi connectivity index (χ4n) is 4.38. The van der Waals surface area contributed by atoms with Gasteiger partial charge in [-0.3, -0.25) is 4.68 Å². The Bertz CT molecular complexity index is 435. The van der Waals surface area contributed by atoms with E-state index >= 15 is 0 Å². The van der Waals surface area contributed by atoms with Gasteiger partial charge in [0.05, 0.1) is 11.7 Å². The average molecular weight is 261 g/mol. The van der Waals surface area contributed by atoms with Crippen LogP contribution in [0.5, 0.6) is 0 Å². The second kappa shape index (κ2) is 4.93. The lowest BCUT2D eigenvalue weighted by Crippen LogP contribution is -2.47. The first-order valence-electron chi connectivity index (χ1n) is 7.97. The lowest BCUT2D eigenvalue weighted by molar-refractivity contribution is 0.266. The third-order valence-corrected chi connectivity index (χ3v) is 5.51. The standard InChI is InChI=1S/C16H27N3/c1-3-15(4-2)19-8-7-14(18-19)11-16(17)10-12-5-6-13(16)9-12/h7-8,12-13,15H,3-6,9-11,17H2,1-2H3. The van der Waals surface area contributed by atoms with Crippen LogP contribution in [0.15, 0.2) is 12.3 Å². The number of hydrogen-bond acceptors (Lipinski definition) is 2. The van der Waals surface area contributed by atoms with Crippen LogP contribution in [0, 0.1) is 11.8 Å². The van der Waals surface area contributed by atoms with Crippen LogP contribution in [0.1, 0.15) is 64.1 Å². The number of nitrogens with two attached hydrogens (primary N) is 1. The smallest absolute Gasteiger partial charge is 0.0643 e. The molecule has 106 valence electrons. The zero-order valence-corrected chi connectivity index (χ0v) is 12.3. The van der Waals surface area contributed by atoms with Gasteiger partial charge in [-0.2, -0.15) is 5.10 Å². The Morgan fingerprint density at radius 2 is 2.21 bits per heavy atom. The van der Waals surface area contributed by atoms with Crippen molar-refractivity contribution < 1.29 is 0 Å². The third kappa shape index (κ3) is 2.33. The average Bonchev–Trinajstić information content (AvgIpc) is 3.06. The van der Waals surface area contributed by atoms with Gasteiger partial charge in [-0.1, -0.05) is 20.3 Å². The van der Waals surface area contributed by atoms with E-state index < -0.39 is 0 Å². The highest BCUT2D eigenvalue weighted by atomic mass is 15.3. The summed E-state index contributed by atoms with van der Waals surface area (Å²) in [4.78, 5) is 0. The lowest BCUT2D eigenvalue weighted by Gasteiger charge is -2.33. The molecule has 1 aromatic rings. The van der Waals surface area contributed by atoms with Crippen molar-refractivity contribution in [2.45, 2.75) is 70.4 Å². The zero-order chi connectivity index (χ0) is 13.5. The summed E-state index contributed by atoms with van der Waals surface area (Å²) in [6, 6.07) is 2.72. The second-order valence-electron chi connectivity index (χ2n) is 6.75. The summed E-state index contributed by atoms with van der Waals surface area (Å²) < 4.78 is 2.14. The van der Waals surface area contributed by atoms with Gasteiger partial charge in [0.2, 0.25) is 0 Å². The molecule has 2 N–H and O–H groups in total. The van der Waals surface area contributed by atoms with Gasteiger partial charge in [0.1, 0.15) is 0 Å². The van der Waals surface area contributed by atoms with Crippen molar-refractivity contribution in [3.8, 4) is 0 Å². The highest BCUT2D eigenvalue weighted by Crippen LogP contribution is 2.50. The molecule has 19 heavy (non-hydrogen) atoms. The van der Waals surface area contributed by atoms with Crippen LogP contribution in [-0.4, -0.2) is 15.3 Å². The molecule has 0 radical (unpaired) electrons. The number of aromatic nitrogens is 2. The quantitative estimate of drug-likeness (QED) is 0.883. The lowest BCUT2D eigenvalue weighted by atomic mass is 9.78. The van der Waals surface area contributed by atoms with Crippen molar-refractivity contribution in [3.63, 3.8) is 0 Å². The van der Waals surface area contributed by atoms with E-state index in [1.807, 2.05) is 0 Å². The Labute approximate surface area is 116 Å². The van der Waals surface area contributed by atoms with Gasteiger partial charge in [-0.05, 0) is 50.0 Å². The van der Waals surface area contributed by atoms with E-state index in [0.717, 1.165) is 31.1 Å². The molecule has 2 aliphatic carbocycles. The summed E-state index contributed by atoms with van der Waals surface area (Å²) >= 11 is 0. The maximum atomic E-state index is 6.68. The van der Waals surface area contributed by atoms with Gasteiger partial charge in [0.15, 0.2) is 0 Å². The van der Waals surface area contributed by atoms with Gasteiger partial charge in [0, 0.05) is 18.2 Å². The number of nitrogens with zero attached hydrogens (tertiary/aromatic N) is 2. The second-order valence-corrected chi connectivity index (χ2v) is 6.75. The van der Waals surface area contributed by atoms with E-state index in [0.29, 0.717) is 6.04 Å². The Morgan fingerprint density at radius 3 is 2.79 bits per heavy atom. The number of rotatable bonds is 5. The molecular weight excluding hydrogens is 234 g/mol. The predicted molar refractivity (Wildman–Crippen MR) is 77.9 cm³/mol. The van der Waals surface area contributed by atoms with E-state index in [4.69, 9.17) is 10.8 Å². The Hall–Kier alpha value is -0.830. The molecule has 1 heterocycles. The minimum atomic E-state index is 0.0377. The maximum Gasteiger partial charge on any atom is 0.0643 e. The van der Waals surface area contributed by atoms with Crippen LogP contribution in [-0.2, 0) is 6.42 Å². The normalized spacial score (nSPS) is 33.5. The highest BCUT2D eigenvalue weighted by Gasteiger charge is 2.48. The summed E-state index contributed by atoms with van der Waals surface area (Å²) in [5, 5.41) is 4.78. The molecule has 1 aromatic heterocycles. The first-order chi connectivity index (χ1) is 9.14. The monoisotopic (exact) mass is 261 g/mol. The van der Waals surface area contributed by atoms with Crippen molar-refractivity contribution in [1.29, 1.82) is 0 Å². The molecule has 3 unspecified atom stereocenters. The van der Waals surface area contributed by atoms with Crippen molar-refractivity contribution in [1.82, 2.24) is 9.78 Å². The highest BCUT2D eigenvalue weighted by molar-refractivity contribution is 5.13. The van der Waals surface area contributed by atoms with Crippen LogP contribution in [0.4, 0.5) is 0 Å². The van der Waals surface area contributed by atoms with Gasteiger partial charge in [-0.15, -0.1) is 0 Å². The molecule has 3 nitrogen and oxygen atoms in total. The zero-order valence-electron chi connectivity index (χ0n) is 12.3. The number of hydrogen-bond donors (Lipinski definition) is 1. The van der Waals surface area contributed by atoms with Crippen LogP contribution in [0.2, 0.25) is 0 Å². The molecule has 3 heteroatoms. The third-order valence-electron chi connectivity index (χ3n) is 5.51. The van der Waals surface area contributed by atoms with Crippen LogP contribution < -0.4 is 5.73 Å². The number of fused-ring (bicyclic) bond motifs is 2. The van der Waals surface area contributed by atoms with Crippen molar-refractivity contribution >= 4 is 0 Å². The summed E-state index contributed by atoms with van der Waals surface area (Å²) in [5.41, 5.74) is 7.91. The van der Waals surface area contributed by atoms with Gasteiger partial charge < -0.3 is 5.73 Å². The summed E-state index contributed by atoms with van der Waals surface area (Å²) in [6.45, 7) is 4.46. The Morgan fingerprint density at radius 1 is 1.42 bits per heavy atom. The summed E-state index contributed by atoms with van der Waals surface area (Å²) in [6.07, 6.45) is 10.7. The van der Waals surface area contributed by atoms with E-state index in [2.05, 4.69) is 30.8 Å². The van der Waals surface area contributed by atoms with Gasteiger partial charge in [-0.25, -0.2) is 0 Å². The molecule has 0 saturated heterocycles. The molecule has 0 spiro atoms. The van der Waals surface area contributed by atoms with Gasteiger partial charge >= 0.3 is 0 Å². The van der Waals surface area contributed by atoms with Crippen LogP contribution >= 0.6 is 0 Å². The molecule has 0 amide bonds. The molecule has 0 aliphatic heterocycles. The van der Waals surface area contributed by atoms with E-state index in [-0.39, 0.29) is 5.54 Å². The predicted octanol–water partition coefficient (Wildman–Crippen LogP) is 3.30. The molecule has 2 bridgehead atoms. The van der Waals surface area contributed by atoms with Crippen molar-refractivity contribution in [3.05, 3.63) is 18.0 Å². The molecule has 3 rings (SSSR count). The Balaban J connectivity index is 1.70. The molecular formula is C16H27N3. The van der Waals surface area contributed by atoms with Crippen molar-refractivity contribution in [2.24, 2.45) is 17.6 Å². The van der Waals surface area contributed by atoms with Crippen molar-refractivity contribution in [2.75, 3.05) is 0 Å². The minimum absolute atomic E-state index is 0.0377. The molecule has 3 atom stereocenters. The van der Waals surface area contributed by atoms with E-state index in [9.17, 15) is 0 Å². The SMILES string of the molecule is CCC(CC)n1ccc(CC2(N)CC3CCC2C3)n1. The topological polar surface area (TPSA) is 43.8 Å². The molecule has 2 saturated carbocycles. The van der Waals surface area contributed by atoms with Crippen LogP contribution in [0.3, 0.4) is 0 Å². The van der Waals surface area contributed by atoms with E-state index in [1.165, 1.54) is 31.4 Å². The first kappa shape index (κ1) is 13.2. The fraction of sp³-hybridized carbons (Fsp3) is 0.812. The Kier molecular flexibility index (Phi) is 3.42. The molecule has 2 fully saturated rings.